The standard InChI is InChI=1S/C25H24Cl2N2O7S2/c26-19-7-2-1-4-16(19)14-38(34,35)29-10-8-17(9-11-29)28-18-6-3-5-15(12-18)23-21(27)22(36-13-20(30)31)24(37-23)25(32)33/h1-7,12,17,28H,8-11,13-14H2,(H,30,31)(H,32,33). The molecule has 9 nitrogen and oxygen atoms in total. The summed E-state index contributed by atoms with van der Waals surface area (Å²) in [7, 11) is -3.51. The van der Waals surface area contributed by atoms with Gasteiger partial charge in [0.25, 0.3) is 0 Å². The van der Waals surface area contributed by atoms with E-state index in [0.29, 0.717) is 47.0 Å². The molecule has 0 aliphatic carbocycles. The minimum Gasteiger partial charge on any atom is -0.479 e. The maximum atomic E-state index is 12.9. The van der Waals surface area contributed by atoms with Gasteiger partial charge in [0.05, 0.1) is 10.6 Å². The Morgan fingerprint density at radius 2 is 1.79 bits per heavy atom. The van der Waals surface area contributed by atoms with Gasteiger partial charge in [-0.05, 0) is 42.2 Å². The molecule has 0 unspecified atom stereocenters. The van der Waals surface area contributed by atoms with E-state index in [-0.39, 0.29) is 27.4 Å². The van der Waals surface area contributed by atoms with Crippen molar-refractivity contribution in [3.05, 3.63) is 69.0 Å². The molecule has 4 rings (SSSR count). The molecule has 1 fully saturated rings. The number of carboxylic acids is 2. The van der Waals surface area contributed by atoms with Crippen LogP contribution in [0.5, 0.6) is 5.75 Å². The Kier molecular flexibility index (Phi) is 8.84. The van der Waals surface area contributed by atoms with Gasteiger partial charge in [-0.2, -0.15) is 0 Å². The number of piperidine rings is 1. The maximum Gasteiger partial charge on any atom is 0.349 e. The van der Waals surface area contributed by atoms with Crippen molar-refractivity contribution in [2.24, 2.45) is 0 Å². The third-order valence-corrected chi connectivity index (χ3v) is 9.86. The van der Waals surface area contributed by atoms with Gasteiger partial charge in [-0.3, -0.25) is 0 Å². The number of hydrogen-bond acceptors (Lipinski definition) is 7. The van der Waals surface area contributed by atoms with Crippen molar-refractivity contribution in [1.82, 2.24) is 4.31 Å². The largest absolute Gasteiger partial charge is 0.479 e. The van der Waals surface area contributed by atoms with E-state index in [9.17, 15) is 23.1 Å². The fourth-order valence-electron chi connectivity index (χ4n) is 4.15. The monoisotopic (exact) mass is 598 g/mol. The molecule has 3 aromatic rings. The van der Waals surface area contributed by atoms with Crippen LogP contribution < -0.4 is 10.1 Å². The summed E-state index contributed by atoms with van der Waals surface area (Å²) < 4.78 is 32.5. The van der Waals surface area contributed by atoms with Gasteiger partial charge < -0.3 is 20.3 Å². The summed E-state index contributed by atoms with van der Waals surface area (Å²) in [5.74, 6) is -2.84. The summed E-state index contributed by atoms with van der Waals surface area (Å²) in [6, 6.07) is 14.1. The molecule has 0 radical (unpaired) electrons. The number of carbonyl (C=O) groups is 2. The number of hydrogen-bond donors (Lipinski definition) is 3. The van der Waals surface area contributed by atoms with E-state index in [1.807, 2.05) is 12.1 Å². The topological polar surface area (TPSA) is 133 Å². The van der Waals surface area contributed by atoms with Crippen LogP contribution in [0.1, 0.15) is 28.1 Å². The van der Waals surface area contributed by atoms with Gasteiger partial charge in [0.1, 0.15) is 5.02 Å². The third-order valence-electron chi connectivity index (χ3n) is 5.98. The Labute approximate surface area is 233 Å². The normalized spacial score (nSPS) is 14.8. The van der Waals surface area contributed by atoms with Gasteiger partial charge in [0.15, 0.2) is 17.2 Å². The number of benzene rings is 2. The van der Waals surface area contributed by atoms with Gasteiger partial charge in [-0.15, -0.1) is 11.3 Å². The van der Waals surface area contributed by atoms with Crippen LogP contribution in [-0.4, -0.2) is 60.6 Å². The minimum absolute atomic E-state index is 0.0277. The van der Waals surface area contributed by atoms with E-state index in [1.54, 1.807) is 36.4 Å². The zero-order valence-corrected chi connectivity index (χ0v) is 23.0. The number of nitrogens with one attached hydrogen (secondary N) is 1. The first-order valence-electron chi connectivity index (χ1n) is 11.5. The molecule has 2 heterocycles. The van der Waals surface area contributed by atoms with Crippen LogP contribution in [0.15, 0.2) is 48.5 Å². The lowest BCUT2D eigenvalue weighted by Gasteiger charge is -2.32. The molecular formula is C25H24Cl2N2O7S2. The Morgan fingerprint density at radius 1 is 1.08 bits per heavy atom. The molecule has 0 bridgehead atoms. The van der Waals surface area contributed by atoms with Crippen LogP contribution in [0.2, 0.25) is 10.0 Å². The number of carboxylic acid groups (broad SMARTS) is 2. The number of rotatable bonds is 10. The van der Waals surface area contributed by atoms with Crippen molar-refractivity contribution in [3.8, 4) is 16.2 Å². The van der Waals surface area contributed by atoms with Gasteiger partial charge >= 0.3 is 11.9 Å². The number of halogens is 2. The summed E-state index contributed by atoms with van der Waals surface area (Å²) in [6.07, 6.45) is 1.20. The SMILES string of the molecule is O=C(O)COc1c(C(=O)O)sc(-c2cccc(NC3CCN(S(=O)(=O)Cc4ccccc4Cl)CC3)c2)c1Cl. The second-order valence-electron chi connectivity index (χ2n) is 8.64. The minimum atomic E-state index is -3.51. The summed E-state index contributed by atoms with van der Waals surface area (Å²) in [6.45, 7) is 0.0187. The number of nitrogens with zero attached hydrogens (tertiary/aromatic N) is 1. The van der Waals surface area contributed by atoms with E-state index in [2.05, 4.69) is 5.32 Å². The maximum absolute atomic E-state index is 12.9. The molecule has 1 aliphatic rings. The predicted octanol–water partition coefficient (Wildman–Crippen LogP) is 5.29. The number of sulfonamides is 1. The molecule has 1 saturated heterocycles. The molecule has 0 spiro atoms. The molecule has 202 valence electrons. The van der Waals surface area contributed by atoms with Gasteiger partial charge in [-0.25, -0.2) is 22.3 Å². The Bertz CT molecular complexity index is 1450. The van der Waals surface area contributed by atoms with Crippen molar-refractivity contribution < 1.29 is 33.0 Å². The molecule has 0 amide bonds. The Hall–Kier alpha value is -2.83. The second-order valence-corrected chi connectivity index (χ2v) is 12.4. The number of aliphatic carboxylic acids is 1. The summed E-state index contributed by atoms with van der Waals surface area (Å²) in [5, 5.41) is 22.3. The molecule has 0 atom stereocenters. The highest BCUT2D eigenvalue weighted by molar-refractivity contribution is 7.88. The summed E-state index contributed by atoms with van der Waals surface area (Å²) in [5.41, 5.74) is 1.97. The van der Waals surface area contributed by atoms with Gasteiger partial charge in [0.2, 0.25) is 10.0 Å². The van der Waals surface area contributed by atoms with E-state index < -0.39 is 28.6 Å². The first kappa shape index (κ1) is 28.2. The molecule has 0 saturated carbocycles. The average molecular weight is 600 g/mol. The molecule has 1 aromatic heterocycles. The number of aromatic carboxylic acids is 1. The van der Waals surface area contributed by atoms with Crippen molar-refractivity contribution in [1.29, 1.82) is 0 Å². The Morgan fingerprint density at radius 3 is 2.45 bits per heavy atom. The number of anilines is 1. The van der Waals surface area contributed by atoms with E-state index in [4.69, 9.17) is 33.0 Å². The predicted molar refractivity (Wildman–Crippen MR) is 147 cm³/mol. The van der Waals surface area contributed by atoms with Crippen LogP contribution >= 0.6 is 34.5 Å². The van der Waals surface area contributed by atoms with Crippen LogP contribution in [0.25, 0.3) is 10.4 Å². The summed E-state index contributed by atoms with van der Waals surface area (Å²) in [4.78, 5) is 22.8. The number of ether oxygens (including phenoxy) is 1. The quantitative estimate of drug-likeness (QED) is 0.286. The molecule has 2 aromatic carbocycles. The lowest BCUT2D eigenvalue weighted by atomic mass is 10.1. The molecule has 3 N–H and O–H groups in total. The van der Waals surface area contributed by atoms with Crippen LogP contribution in [0.3, 0.4) is 0 Å². The smallest absolute Gasteiger partial charge is 0.349 e. The molecule has 13 heteroatoms. The molecule has 38 heavy (non-hydrogen) atoms. The third kappa shape index (κ3) is 6.59. The Balaban J connectivity index is 1.43. The van der Waals surface area contributed by atoms with Gasteiger partial charge in [-0.1, -0.05) is 53.5 Å². The molecule has 1 aliphatic heterocycles. The first-order chi connectivity index (χ1) is 18.0. The highest BCUT2D eigenvalue weighted by Gasteiger charge is 2.29. The van der Waals surface area contributed by atoms with E-state index >= 15 is 0 Å². The van der Waals surface area contributed by atoms with Crippen molar-refractivity contribution in [2.75, 3.05) is 25.0 Å². The van der Waals surface area contributed by atoms with Crippen LogP contribution in [0, 0.1) is 0 Å². The molecular weight excluding hydrogens is 575 g/mol. The van der Waals surface area contributed by atoms with Crippen molar-refractivity contribution >= 4 is 62.2 Å². The first-order valence-corrected chi connectivity index (χ1v) is 14.7. The van der Waals surface area contributed by atoms with Gasteiger partial charge in [0, 0.05) is 29.8 Å². The fourth-order valence-corrected chi connectivity index (χ4v) is 7.43. The lowest BCUT2D eigenvalue weighted by Crippen LogP contribution is -2.42. The zero-order valence-electron chi connectivity index (χ0n) is 19.9. The van der Waals surface area contributed by atoms with E-state index in [1.165, 1.54) is 4.31 Å². The fraction of sp³-hybridized carbons (Fsp3) is 0.280. The second kappa shape index (κ2) is 11.9. The zero-order chi connectivity index (χ0) is 27.4. The highest BCUT2D eigenvalue weighted by Crippen LogP contribution is 2.46. The lowest BCUT2D eigenvalue weighted by molar-refractivity contribution is -0.139. The highest BCUT2D eigenvalue weighted by atomic mass is 35.5. The van der Waals surface area contributed by atoms with Crippen molar-refractivity contribution in [3.63, 3.8) is 0 Å². The van der Waals surface area contributed by atoms with E-state index in [0.717, 1.165) is 17.0 Å². The average Bonchev–Trinajstić information content (AvgIpc) is 3.21. The summed E-state index contributed by atoms with van der Waals surface area (Å²) >= 11 is 13.4. The number of thiophene rings is 1. The van der Waals surface area contributed by atoms with Crippen LogP contribution in [-0.2, 0) is 20.6 Å². The van der Waals surface area contributed by atoms with Crippen LogP contribution in [0.4, 0.5) is 5.69 Å². The van der Waals surface area contributed by atoms with Crippen molar-refractivity contribution in [2.45, 2.75) is 24.6 Å².